The summed E-state index contributed by atoms with van der Waals surface area (Å²) in [4.78, 5) is 20.2. The van der Waals surface area contributed by atoms with Crippen molar-refractivity contribution < 1.29 is 9.90 Å². The molecule has 7 nitrogen and oxygen atoms in total. The topological polar surface area (TPSA) is 89.9 Å². The van der Waals surface area contributed by atoms with Crippen molar-refractivity contribution in [1.82, 2.24) is 15.7 Å². The van der Waals surface area contributed by atoms with Gasteiger partial charge in [-0.3, -0.25) is 15.5 Å². The van der Waals surface area contributed by atoms with Crippen LogP contribution in [0, 0.1) is 6.92 Å². The Labute approximate surface area is 187 Å². The number of nitrogens with zero attached hydrogens (tertiary/aromatic N) is 3. The van der Waals surface area contributed by atoms with E-state index >= 15 is 0 Å². The van der Waals surface area contributed by atoms with Crippen LogP contribution in [0.5, 0.6) is 0 Å². The van der Waals surface area contributed by atoms with Crippen molar-refractivity contribution in [3.05, 3.63) is 83.6 Å². The van der Waals surface area contributed by atoms with Gasteiger partial charge in [-0.1, -0.05) is 48.5 Å². The Balaban J connectivity index is 1.63. The molecule has 2 aromatic carbocycles. The van der Waals surface area contributed by atoms with Crippen LogP contribution in [0.3, 0.4) is 0 Å². The van der Waals surface area contributed by atoms with Crippen LogP contribution in [0.4, 0.5) is 5.82 Å². The fourth-order valence-electron chi connectivity index (χ4n) is 3.86. The Bertz CT molecular complexity index is 1100. The molecule has 1 aliphatic heterocycles. The second-order valence-corrected chi connectivity index (χ2v) is 7.77. The van der Waals surface area contributed by atoms with Gasteiger partial charge in [0.15, 0.2) is 0 Å². The first kappa shape index (κ1) is 21.5. The molecule has 0 radical (unpaired) electrons. The predicted molar refractivity (Wildman–Crippen MR) is 126 cm³/mol. The number of aliphatic imine (C=N–C) groups is 1. The van der Waals surface area contributed by atoms with Crippen LogP contribution in [0.1, 0.15) is 23.1 Å². The Morgan fingerprint density at radius 3 is 2.75 bits per heavy atom. The minimum atomic E-state index is -0.250. The smallest absolute Gasteiger partial charge is 0.219 e. The first-order chi connectivity index (χ1) is 15.7. The highest BCUT2D eigenvalue weighted by atomic mass is 16.2. The van der Waals surface area contributed by atoms with E-state index in [1.165, 1.54) is 11.1 Å². The molecule has 0 saturated heterocycles. The summed E-state index contributed by atoms with van der Waals surface area (Å²) in [5, 5.41) is 13.7. The molecule has 1 aromatic heterocycles. The van der Waals surface area contributed by atoms with E-state index in [-0.39, 0.29) is 12.8 Å². The molecular formula is C25H27N5O2. The number of aromatic nitrogens is 1. The lowest BCUT2D eigenvalue weighted by atomic mass is 9.97. The standard InChI is InChI=1S/C25H27N5O2/c1-18-9-10-20(8-5-13-31)14-22(18)21-11-12-26-23(16-21)30-24(28-25(29-30)27-17-32)15-19-6-3-2-4-7-19/h2-4,6-7,9-12,14,16-17,24,31H,5,8,13,15H2,1H3,(H2,27,28,29,32). The van der Waals surface area contributed by atoms with Gasteiger partial charge in [0, 0.05) is 19.2 Å². The summed E-state index contributed by atoms with van der Waals surface area (Å²) < 4.78 is 0. The molecule has 3 N–H and O–H groups in total. The third-order valence-corrected chi connectivity index (χ3v) is 5.49. The molecule has 0 saturated carbocycles. The van der Waals surface area contributed by atoms with Gasteiger partial charge in [-0.25, -0.2) is 15.0 Å². The number of carbonyl (C=O) groups is 1. The number of nitrogens with one attached hydrogen (secondary N) is 2. The number of hydrogen-bond acceptors (Lipinski definition) is 6. The highest BCUT2D eigenvalue weighted by Crippen LogP contribution is 2.29. The Morgan fingerprint density at radius 1 is 1.12 bits per heavy atom. The van der Waals surface area contributed by atoms with Gasteiger partial charge < -0.3 is 5.11 Å². The largest absolute Gasteiger partial charge is 0.396 e. The fraction of sp³-hybridized carbons (Fsp3) is 0.240. The van der Waals surface area contributed by atoms with Crippen molar-refractivity contribution >= 4 is 18.2 Å². The first-order valence-electron chi connectivity index (χ1n) is 10.7. The molecule has 1 unspecified atom stereocenters. The summed E-state index contributed by atoms with van der Waals surface area (Å²) in [6, 6.07) is 20.5. The Kier molecular flexibility index (Phi) is 6.77. The van der Waals surface area contributed by atoms with Gasteiger partial charge >= 0.3 is 0 Å². The summed E-state index contributed by atoms with van der Waals surface area (Å²) in [5.41, 5.74) is 8.86. The van der Waals surface area contributed by atoms with Crippen molar-refractivity contribution in [3.63, 3.8) is 0 Å². The zero-order valence-corrected chi connectivity index (χ0v) is 18.0. The Hall–Kier alpha value is -3.71. The fourth-order valence-corrected chi connectivity index (χ4v) is 3.86. The summed E-state index contributed by atoms with van der Waals surface area (Å²) in [7, 11) is 0. The van der Waals surface area contributed by atoms with E-state index < -0.39 is 0 Å². The summed E-state index contributed by atoms with van der Waals surface area (Å²) in [5.74, 6) is 1.12. The molecule has 3 aromatic rings. The highest BCUT2D eigenvalue weighted by molar-refractivity contribution is 5.91. The van der Waals surface area contributed by atoms with Gasteiger partial charge in [0.2, 0.25) is 12.4 Å². The van der Waals surface area contributed by atoms with Crippen LogP contribution in [0.15, 0.2) is 71.9 Å². The van der Waals surface area contributed by atoms with Crippen molar-refractivity contribution in [2.45, 2.75) is 32.4 Å². The summed E-state index contributed by atoms with van der Waals surface area (Å²) in [6.07, 6.45) is 4.39. The van der Waals surface area contributed by atoms with Gasteiger partial charge in [-0.15, -0.1) is 0 Å². The molecule has 2 heterocycles. The third kappa shape index (κ3) is 4.95. The molecule has 0 fully saturated rings. The van der Waals surface area contributed by atoms with E-state index in [1.54, 1.807) is 6.20 Å². The zero-order chi connectivity index (χ0) is 22.3. The average Bonchev–Trinajstić information content (AvgIpc) is 3.21. The van der Waals surface area contributed by atoms with E-state index in [0.717, 1.165) is 35.3 Å². The number of amides is 1. The van der Waals surface area contributed by atoms with Gasteiger partial charge in [-0.05, 0) is 59.7 Å². The summed E-state index contributed by atoms with van der Waals surface area (Å²) in [6.45, 7) is 2.27. The van der Waals surface area contributed by atoms with E-state index in [0.29, 0.717) is 18.8 Å². The number of aryl methyl sites for hydroxylation is 2. The number of carbonyl (C=O) groups excluding carboxylic acids is 1. The molecule has 1 amide bonds. The second kappa shape index (κ2) is 10.1. The predicted octanol–water partition coefficient (Wildman–Crippen LogP) is 2.98. The maximum absolute atomic E-state index is 11.0. The SMILES string of the molecule is Cc1ccc(CCCO)cc1-c1ccnc(N2NC(NC=O)=NC2Cc2ccccc2)c1. The van der Waals surface area contributed by atoms with E-state index in [1.807, 2.05) is 35.3 Å². The van der Waals surface area contributed by atoms with E-state index in [4.69, 9.17) is 5.11 Å². The second-order valence-electron chi connectivity index (χ2n) is 7.77. The maximum atomic E-state index is 11.0. The maximum Gasteiger partial charge on any atom is 0.219 e. The van der Waals surface area contributed by atoms with E-state index in [9.17, 15) is 4.79 Å². The molecular weight excluding hydrogens is 402 g/mol. The van der Waals surface area contributed by atoms with E-state index in [2.05, 4.69) is 58.0 Å². The number of hydrazine groups is 1. The molecule has 4 rings (SSSR count). The third-order valence-electron chi connectivity index (χ3n) is 5.49. The number of aliphatic hydroxyl groups excluding tert-OH is 1. The minimum Gasteiger partial charge on any atom is -0.396 e. The van der Waals surface area contributed by atoms with Gasteiger partial charge in [-0.2, -0.15) is 0 Å². The lowest BCUT2D eigenvalue weighted by Crippen LogP contribution is -2.46. The van der Waals surface area contributed by atoms with Crippen LogP contribution < -0.4 is 15.8 Å². The van der Waals surface area contributed by atoms with Crippen LogP contribution >= 0.6 is 0 Å². The highest BCUT2D eigenvalue weighted by Gasteiger charge is 2.28. The van der Waals surface area contributed by atoms with Crippen LogP contribution in [0.2, 0.25) is 0 Å². The number of benzene rings is 2. The number of guanidine groups is 1. The minimum absolute atomic E-state index is 0.184. The molecule has 1 atom stereocenters. The van der Waals surface area contributed by atoms with Gasteiger partial charge in [0.1, 0.15) is 12.0 Å². The van der Waals surface area contributed by atoms with Crippen LogP contribution in [0.25, 0.3) is 11.1 Å². The molecule has 164 valence electrons. The molecule has 0 spiro atoms. The van der Waals surface area contributed by atoms with Crippen molar-refractivity contribution in [1.29, 1.82) is 0 Å². The van der Waals surface area contributed by atoms with Gasteiger partial charge in [0.05, 0.1) is 0 Å². The molecule has 0 aliphatic carbocycles. The lowest BCUT2D eigenvalue weighted by molar-refractivity contribution is -0.108. The zero-order valence-electron chi connectivity index (χ0n) is 18.0. The number of hydrogen-bond donors (Lipinski definition) is 3. The van der Waals surface area contributed by atoms with Crippen LogP contribution in [-0.4, -0.2) is 35.2 Å². The number of rotatable bonds is 8. The summed E-state index contributed by atoms with van der Waals surface area (Å²) >= 11 is 0. The molecule has 1 aliphatic rings. The number of aliphatic hydroxyl groups is 1. The first-order valence-corrected chi connectivity index (χ1v) is 10.7. The number of anilines is 1. The van der Waals surface area contributed by atoms with Crippen LogP contribution in [-0.2, 0) is 17.6 Å². The number of pyridine rings is 1. The van der Waals surface area contributed by atoms with Crippen molar-refractivity contribution in [3.8, 4) is 11.1 Å². The van der Waals surface area contributed by atoms with Crippen molar-refractivity contribution in [2.75, 3.05) is 11.6 Å². The molecule has 32 heavy (non-hydrogen) atoms. The van der Waals surface area contributed by atoms with Gasteiger partial charge in [0.25, 0.3) is 0 Å². The Morgan fingerprint density at radius 2 is 1.97 bits per heavy atom. The monoisotopic (exact) mass is 429 g/mol. The average molecular weight is 430 g/mol. The lowest BCUT2D eigenvalue weighted by Gasteiger charge is -2.24. The molecule has 7 heteroatoms. The quantitative estimate of drug-likeness (QED) is 0.479. The molecule has 0 bridgehead atoms. The normalized spacial score (nSPS) is 15.2. The van der Waals surface area contributed by atoms with Crippen molar-refractivity contribution in [2.24, 2.45) is 4.99 Å².